The molecule has 0 aromatic heterocycles. The van der Waals surface area contributed by atoms with Gasteiger partial charge in [-0.3, -0.25) is 9.59 Å². The number of hydrogen-bond donors (Lipinski definition) is 1. The van der Waals surface area contributed by atoms with Gasteiger partial charge in [0, 0.05) is 24.7 Å². The predicted octanol–water partition coefficient (Wildman–Crippen LogP) is 4.13. The van der Waals surface area contributed by atoms with Gasteiger partial charge in [0.05, 0.1) is 10.6 Å². The molecule has 0 saturated carbocycles. The molecule has 1 heterocycles. The number of carbonyl (C=O) groups is 2. The zero-order chi connectivity index (χ0) is 19.6. The molecular formula is C21H22ClFN2O2. The Kier molecular flexibility index (Phi) is 5.80. The Bertz CT molecular complexity index is 856. The number of halogens is 2. The first-order chi connectivity index (χ1) is 12.9. The number of hydrogen-bond acceptors (Lipinski definition) is 2. The zero-order valence-electron chi connectivity index (χ0n) is 15.4. The van der Waals surface area contributed by atoms with Gasteiger partial charge in [-0.05, 0) is 62.1 Å². The van der Waals surface area contributed by atoms with E-state index in [1.54, 1.807) is 4.90 Å². The summed E-state index contributed by atoms with van der Waals surface area (Å²) in [6, 6.07) is 9.76. The maximum atomic E-state index is 13.9. The molecule has 0 spiro atoms. The topological polar surface area (TPSA) is 49.4 Å². The number of amides is 2. The molecule has 27 heavy (non-hydrogen) atoms. The summed E-state index contributed by atoms with van der Waals surface area (Å²) in [5.74, 6) is -1.15. The third-order valence-corrected chi connectivity index (χ3v) is 5.38. The van der Waals surface area contributed by atoms with Crippen molar-refractivity contribution in [1.29, 1.82) is 0 Å². The zero-order valence-corrected chi connectivity index (χ0v) is 16.1. The lowest BCUT2D eigenvalue weighted by Crippen LogP contribution is -2.46. The quantitative estimate of drug-likeness (QED) is 0.859. The van der Waals surface area contributed by atoms with Gasteiger partial charge in [0.1, 0.15) is 5.82 Å². The highest BCUT2D eigenvalue weighted by Crippen LogP contribution is 2.21. The van der Waals surface area contributed by atoms with E-state index in [0.717, 1.165) is 11.1 Å². The van der Waals surface area contributed by atoms with Crippen molar-refractivity contribution in [3.8, 4) is 0 Å². The summed E-state index contributed by atoms with van der Waals surface area (Å²) in [4.78, 5) is 26.8. The molecule has 0 unspecified atom stereocenters. The Morgan fingerprint density at radius 1 is 1.11 bits per heavy atom. The standard InChI is InChI=1S/C21H22ClFN2O2/c1-13-6-7-15(12-14(13)2)21(27)25-10-8-16(9-11-25)24-20(26)19-17(22)4-3-5-18(19)23/h3-7,12,16H,8-11H2,1-2H3,(H,24,26). The van der Waals surface area contributed by atoms with Gasteiger partial charge in [-0.25, -0.2) is 4.39 Å². The van der Waals surface area contributed by atoms with E-state index in [2.05, 4.69) is 5.32 Å². The molecule has 1 saturated heterocycles. The number of rotatable bonds is 3. The lowest BCUT2D eigenvalue weighted by molar-refractivity contribution is 0.0698. The van der Waals surface area contributed by atoms with Crippen LogP contribution in [-0.4, -0.2) is 35.8 Å². The normalized spacial score (nSPS) is 14.9. The lowest BCUT2D eigenvalue weighted by Gasteiger charge is -2.32. The molecule has 1 fully saturated rings. The summed E-state index contributed by atoms with van der Waals surface area (Å²) in [6.07, 6.45) is 1.24. The van der Waals surface area contributed by atoms with Crippen LogP contribution in [0.15, 0.2) is 36.4 Å². The molecule has 0 atom stereocenters. The molecule has 0 radical (unpaired) electrons. The first-order valence-electron chi connectivity index (χ1n) is 8.98. The van der Waals surface area contributed by atoms with Crippen LogP contribution in [0, 0.1) is 19.7 Å². The van der Waals surface area contributed by atoms with Crippen molar-refractivity contribution in [3.63, 3.8) is 0 Å². The molecule has 2 amide bonds. The van der Waals surface area contributed by atoms with Crippen molar-refractivity contribution < 1.29 is 14.0 Å². The lowest BCUT2D eigenvalue weighted by atomic mass is 10.0. The van der Waals surface area contributed by atoms with Crippen LogP contribution in [-0.2, 0) is 0 Å². The first-order valence-corrected chi connectivity index (χ1v) is 9.36. The third kappa shape index (κ3) is 4.30. The second-order valence-electron chi connectivity index (χ2n) is 6.94. The van der Waals surface area contributed by atoms with Gasteiger partial charge in [-0.2, -0.15) is 0 Å². The van der Waals surface area contributed by atoms with Crippen molar-refractivity contribution in [1.82, 2.24) is 10.2 Å². The van der Waals surface area contributed by atoms with Crippen LogP contribution in [0.4, 0.5) is 4.39 Å². The molecule has 2 aromatic rings. The molecule has 3 rings (SSSR count). The number of benzene rings is 2. The highest BCUT2D eigenvalue weighted by Gasteiger charge is 2.26. The summed E-state index contributed by atoms with van der Waals surface area (Å²) in [5.41, 5.74) is 2.79. The van der Waals surface area contributed by atoms with E-state index in [9.17, 15) is 14.0 Å². The fourth-order valence-corrected chi connectivity index (χ4v) is 3.51. The SMILES string of the molecule is Cc1ccc(C(=O)N2CCC(NC(=O)c3c(F)cccc3Cl)CC2)cc1C. The van der Waals surface area contributed by atoms with E-state index < -0.39 is 11.7 Å². The summed E-state index contributed by atoms with van der Waals surface area (Å²) in [5, 5.41) is 2.92. The molecule has 142 valence electrons. The first kappa shape index (κ1) is 19.4. The smallest absolute Gasteiger partial charge is 0.255 e. The summed E-state index contributed by atoms with van der Waals surface area (Å²) in [6.45, 7) is 5.09. The van der Waals surface area contributed by atoms with E-state index >= 15 is 0 Å². The molecule has 6 heteroatoms. The van der Waals surface area contributed by atoms with Crippen LogP contribution in [0.3, 0.4) is 0 Å². The second kappa shape index (κ2) is 8.09. The van der Waals surface area contributed by atoms with Crippen LogP contribution in [0.2, 0.25) is 5.02 Å². The summed E-state index contributed by atoms with van der Waals surface area (Å²) >= 11 is 5.94. The van der Waals surface area contributed by atoms with E-state index in [1.165, 1.54) is 18.2 Å². The van der Waals surface area contributed by atoms with Crippen LogP contribution in [0.5, 0.6) is 0 Å². The van der Waals surface area contributed by atoms with Crippen LogP contribution < -0.4 is 5.32 Å². The van der Waals surface area contributed by atoms with Crippen LogP contribution in [0.25, 0.3) is 0 Å². The fourth-order valence-electron chi connectivity index (χ4n) is 3.26. The molecule has 1 aliphatic heterocycles. The van der Waals surface area contributed by atoms with Gasteiger partial charge < -0.3 is 10.2 Å². The number of aryl methyl sites for hydroxylation is 2. The Hall–Kier alpha value is -2.40. The van der Waals surface area contributed by atoms with Crippen LogP contribution >= 0.6 is 11.6 Å². The van der Waals surface area contributed by atoms with Gasteiger partial charge in [0.2, 0.25) is 0 Å². The number of nitrogens with zero attached hydrogens (tertiary/aromatic N) is 1. The Morgan fingerprint density at radius 3 is 2.44 bits per heavy atom. The van der Waals surface area contributed by atoms with Gasteiger partial charge in [0.15, 0.2) is 0 Å². The minimum atomic E-state index is -0.637. The number of carbonyl (C=O) groups excluding carboxylic acids is 2. The second-order valence-corrected chi connectivity index (χ2v) is 7.34. The molecule has 1 N–H and O–H groups in total. The van der Waals surface area contributed by atoms with Crippen molar-refractivity contribution in [2.45, 2.75) is 32.7 Å². The average molecular weight is 389 g/mol. The molecular weight excluding hydrogens is 367 g/mol. The Morgan fingerprint density at radius 2 is 1.81 bits per heavy atom. The third-order valence-electron chi connectivity index (χ3n) is 5.06. The average Bonchev–Trinajstić information content (AvgIpc) is 2.64. The van der Waals surface area contributed by atoms with Gasteiger partial charge in [-0.1, -0.05) is 23.7 Å². The van der Waals surface area contributed by atoms with Crippen molar-refractivity contribution >= 4 is 23.4 Å². The van der Waals surface area contributed by atoms with E-state index in [1.807, 2.05) is 32.0 Å². The molecule has 4 nitrogen and oxygen atoms in total. The van der Waals surface area contributed by atoms with Crippen molar-refractivity contribution in [2.24, 2.45) is 0 Å². The van der Waals surface area contributed by atoms with Gasteiger partial charge >= 0.3 is 0 Å². The van der Waals surface area contributed by atoms with Crippen molar-refractivity contribution in [2.75, 3.05) is 13.1 Å². The Balaban J connectivity index is 1.59. The monoisotopic (exact) mass is 388 g/mol. The number of likely N-dealkylation sites (tertiary alicyclic amines) is 1. The highest BCUT2D eigenvalue weighted by molar-refractivity contribution is 6.33. The van der Waals surface area contributed by atoms with Crippen molar-refractivity contribution in [3.05, 3.63) is 69.5 Å². The summed E-state index contributed by atoms with van der Waals surface area (Å²) < 4.78 is 13.9. The van der Waals surface area contributed by atoms with E-state index in [-0.39, 0.29) is 22.5 Å². The van der Waals surface area contributed by atoms with Gasteiger partial charge in [0.25, 0.3) is 11.8 Å². The minimum Gasteiger partial charge on any atom is -0.349 e. The maximum absolute atomic E-state index is 13.9. The summed E-state index contributed by atoms with van der Waals surface area (Å²) in [7, 11) is 0. The number of nitrogens with one attached hydrogen (secondary N) is 1. The van der Waals surface area contributed by atoms with Crippen LogP contribution in [0.1, 0.15) is 44.7 Å². The van der Waals surface area contributed by atoms with Gasteiger partial charge in [-0.15, -0.1) is 0 Å². The molecule has 1 aliphatic rings. The fraction of sp³-hybridized carbons (Fsp3) is 0.333. The minimum absolute atomic E-state index is 0.0000230. The molecule has 2 aromatic carbocycles. The predicted molar refractivity (Wildman–Crippen MR) is 104 cm³/mol. The molecule has 0 bridgehead atoms. The van der Waals surface area contributed by atoms with E-state index in [0.29, 0.717) is 31.5 Å². The Labute approximate surface area is 163 Å². The largest absolute Gasteiger partial charge is 0.349 e. The molecule has 0 aliphatic carbocycles. The highest BCUT2D eigenvalue weighted by atomic mass is 35.5. The number of piperidine rings is 1. The maximum Gasteiger partial charge on any atom is 0.255 e. The van der Waals surface area contributed by atoms with E-state index in [4.69, 9.17) is 11.6 Å².